The molecule has 5 heterocycles. The largest absolute Gasteiger partial charge is 0.437 e. The maximum atomic E-state index is 12.5. The van der Waals surface area contributed by atoms with Crippen molar-refractivity contribution < 1.29 is 45.4 Å². The molecule has 0 saturated carbocycles. The summed E-state index contributed by atoms with van der Waals surface area (Å²) in [5, 5.41) is 14.0. The molecule has 0 radical (unpaired) electrons. The van der Waals surface area contributed by atoms with E-state index in [1.165, 1.54) is 24.3 Å². The first-order valence-corrected chi connectivity index (χ1v) is 15.6. The number of nitrogens with one attached hydrogen (secondary N) is 2. The zero-order valence-corrected chi connectivity index (χ0v) is 28.1. The molecule has 0 aliphatic heterocycles. The standard InChI is InChI=1S/C19H11F3N4O2.C18H13F3N4O2/c20-19(21,22)15-8-7-14(11-24-15)28-17-6-2-5-16(25-17)26-18(27)13-4-1-3-12(9-13)10-23;1-11-4-2-5-13(23-11)17(26)25-15-6-3-7-16(24-15)27-12-8-9-14(22-10-12)18(19,20)21/h1-9,11H,(H,25,26,27);2-10H,1H3,(H,24,25,26). The van der Waals surface area contributed by atoms with Crippen LogP contribution in [0, 0.1) is 18.3 Å². The second-order valence-corrected chi connectivity index (χ2v) is 10.9. The monoisotopic (exact) mass is 758 g/mol. The quantitative estimate of drug-likeness (QED) is 0.144. The fourth-order valence-corrected chi connectivity index (χ4v) is 4.31. The molecule has 0 fully saturated rings. The van der Waals surface area contributed by atoms with Gasteiger partial charge in [0, 0.05) is 23.4 Å². The Morgan fingerprint density at radius 2 is 1.15 bits per heavy atom. The van der Waals surface area contributed by atoms with Gasteiger partial charge >= 0.3 is 12.4 Å². The Hall–Kier alpha value is -7.42. The van der Waals surface area contributed by atoms with Gasteiger partial charge in [0.2, 0.25) is 11.8 Å². The zero-order valence-electron chi connectivity index (χ0n) is 28.1. The Kier molecular flexibility index (Phi) is 12.0. The minimum absolute atomic E-state index is 0.0603. The minimum Gasteiger partial charge on any atom is -0.437 e. The van der Waals surface area contributed by atoms with Crippen LogP contribution in [0.5, 0.6) is 23.3 Å². The van der Waals surface area contributed by atoms with Crippen LogP contribution in [0.15, 0.2) is 116 Å². The number of hydrogen-bond acceptors (Lipinski definition) is 10. The van der Waals surface area contributed by atoms with Gasteiger partial charge in [0.15, 0.2) is 0 Å². The van der Waals surface area contributed by atoms with Gasteiger partial charge in [-0.15, -0.1) is 0 Å². The number of anilines is 2. The molecular weight excluding hydrogens is 734 g/mol. The number of alkyl halides is 6. The van der Waals surface area contributed by atoms with E-state index in [-0.39, 0.29) is 46.2 Å². The third-order valence-electron chi connectivity index (χ3n) is 6.80. The molecular formula is C37H24F6N8O4. The molecule has 12 nitrogen and oxygen atoms in total. The molecule has 0 atom stereocenters. The number of aryl methyl sites for hydroxylation is 1. The fourth-order valence-electron chi connectivity index (χ4n) is 4.31. The predicted octanol–water partition coefficient (Wildman–Crippen LogP) is 8.66. The second-order valence-electron chi connectivity index (χ2n) is 10.9. The summed E-state index contributed by atoms with van der Waals surface area (Å²) in [7, 11) is 0. The zero-order chi connectivity index (χ0) is 39.6. The van der Waals surface area contributed by atoms with E-state index in [0.29, 0.717) is 11.3 Å². The van der Waals surface area contributed by atoms with Crippen molar-refractivity contribution in [1.82, 2.24) is 24.9 Å². The number of aromatic nitrogens is 5. The van der Waals surface area contributed by atoms with Gasteiger partial charge in [0.1, 0.15) is 40.2 Å². The topological polar surface area (TPSA) is 165 Å². The van der Waals surface area contributed by atoms with Crippen LogP contribution in [0.3, 0.4) is 0 Å². The van der Waals surface area contributed by atoms with E-state index in [1.807, 2.05) is 6.07 Å². The van der Waals surface area contributed by atoms with E-state index in [0.717, 1.165) is 36.7 Å². The molecule has 0 spiro atoms. The third kappa shape index (κ3) is 11.3. The molecule has 0 bridgehead atoms. The first-order valence-electron chi connectivity index (χ1n) is 15.6. The van der Waals surface area contributed by atoms with Gasteiger partial charge in [-0.2, -0.15) is 41.6 Å². The Bertz CT molecular complexity index is 2330. The highest BCUT2D eigenvalue weighted by atomic mass is 19.4. The summed E-state index contributed by atoms with van der Waals surface area (Å²) in [5.74, 6) is -0.246. The molecule has 278 valence electrons. The number of carbonyl (C=O) groups excluding carboxylic acids is 2. The van der Waals surface area contributed by atoms with Crippen LogP contribution in [0.25, 0.3) is 0 Å². The maximum Gasteiger partial charge on any atom is 0.433 e. The number of benzene rings is 1. The van der Waals surface area contributed by atoms with Crippen molar-refractivity contribution in [3.8, 4) is 29.3 Å². The summed E-state index contributed by atoms with van der Waals surface area (Å²) in [5.41, 5.74) is -0.507. The van der Waals surface area contributed by atoms with Gasteiger partial charge in [0.25, 0.3) is 11.8 Å². The molecule has 55 heavy (non-hydrogen) atoms. The van der Waals surface area contributed by atoms with Gasteiger partial charge < -0.3 is 20.1 Å². The first-order chi connectivity index (χ1) is 26.2. The van der Waals surface area contributed by atoms with E-state index in [1.54, 1.807) is 61.5 Å². The molecule has 6 rings (SSSR count). The number of nitrogens with zero attached hydrogens (tertiary/aromatic N) is 6. The van der Waals surface area contributed by atoms with Crippen LogP contribution in [0.2, 0.25) is 0 Å². The van der Waals surface area contributed by atoms with Gasteiger partial charge in [-0.05, 0) is 73.7 Å². The highest BCUT2D eigenvalue weighted by Crippen LogP contribution is 2.30. The Balaban J connectivity index is 0.000000211. The van der Waals surface area contributed by atoms with Crippen LogP contribution in [0.1, 0.15) is 43.5 Å². The van der Waals surface area contributed by atoms with Crippen LogP contribution in [0.4, 0.5) is 38.0 Å². The molecule has 0 saturated heterocycles. The van der Waals surface area contributed by atoms with Crippen molar-refractivity contribution in [3.05, 3.63) is 149 Å². The minimum atomic E-state index is -4.54. The van der Waals surface area contributed by atoms with E-state index in [9.17, 15) is 35.9 Å². The summed E-state index contributed by atoms with van der Waals surface area (Å²) in [6, 6.07) is 26.2. The van der Waals surface area contributed by atoms with E-state index in [4.69, 9.17) is 14.7 Å². The molecule has 2 amide bonds. The Morgan fingerprint density at radius 1 is 0.636 bits per heavy atom. The third-order valence-corrected chi connectivity index (χ3v) is 6.80. The second kappa shape index (κ2) is 16.9. The summed E-state index contributed by atoms with van der Waals surface area (Å²) >= 11 is 0. The lowest BCUT2D eigenvalue weighted by Crippen LogP contribution is -2.15. The van der Waals surface area contributed by atoms with E-state index in [2.05, 4.69) is 35.6 Å². The average Bonchev–Trinajstić information content (AvgIpc) is 3.15. The van der Waals surface area contributed by atoms with Gasteiger partial charge in [-0.25, -0.2) is 15.0 Å². The summed E-state index contributed by atoms with van der Waals surface area (Å²) < 4.78 is 85.9. The molecule has 6 aromatic rings. The highest BCUT2D eigenvalue weighted by Gasteiger charge is 2.33. The molecule has 2 N–H and O–H groups in total. The van der Waals surface area contributed by atoms with E-state index < -0.39 is 35.6 Å². The molecule has 0 aliphatic rings. The number of rotatable bonds is 8. The van der Waals surface area contributed by atoms with Crippen LogP contribution in [-0.2, 0) is 12.4 Å². The van der Waals surface area contributed by atoms with Gasteiger partial charge in [0.05, 0.1) is 24.0 Å². The summed E-state index contributed by atoms with van der Waals surface area (Å²) in [6.45, 7) is 1.77. The molecule has 5 aromatic heterocycles. The highest BCUT2D eigenvalue weighted by molar-refractivity contribution is 6.04. The SMILES string of the molecule is Cc1cccc(C(=O)Nc2cccc(Oc3ccc(C(F)(F)F)nc3)n2)n1.N#Cc1cccc(C(=O)Nc2cccc(Oc3ccc(C(F)(F)F)nc3)n2)c1. The number of amides is 2. The Labute approximate surface area is 307 Å². The smallest absolute Gasteiger partial charge is 0.433 e. The van der Waals surface area contributed by atoms with Crippen molar-refractivity contribution in [2.45, 2.75) is 19.3 Å². The summed E-state index contributed by atoms with van der Waals surface area (Å²) in [6.07, 6.45) is -7.18. The van der Waals surface area contributed by atoms with Gasteiger partial charge in [-0.3, -0.25) is 9.59 Å². The molecule has 0 unspecified atom stereocenters. The van der Waals surface area contributed by atoms with E-state index >= 15 is 0 Å². The number of halogens is 6. The number of ether oxygens (including phenoxy) is 2. The number of hydrogen-bond donors (Lipinski definition) is 2. The van der Waals surface area contributed by atoms with Crippen molar-refractivity contribution in [1.29, 1.82) is 5.26 Å². The number of pyridine rings is 5. The lowest BCUT2D eigenvalue weighted by Gasteiger charge is -2.09. The van der Waals surface area contributed by atoms with Crippen molar-refractivity contribution >= 4 is 23.5 Å². The van der Waals surface area contributed by atoms with Crippen molar-refractivity contribution in [3.63, 3.8) is 0 Å². The van der Waals surface area contributed by atoms with Crippen molar-refractivity contribution in [2.24, 2.45) is 0 Å². The summed E-state index contributed by atoms with van der Waals surface area (Å²) in [4.78, 5) is 43.4. The van der Waals surface area contributed by atoms with Crippen LogP contribution >= 0.6 is 0 Å². The normalized spacial score (nSPS) is 10.9. The fraction of sp³-hybridized carbons (Fsp3) is 0.0811. The number of nitriles is 1. The van der Waals surface area contributed by atoms with Gasteiger partial charge in [-0.1, -0.05) is 24.3 Å². The lowest BCUT2D eigenvalue weighted by atomic mass is 10.1. The Morgan fingerprint density at radius 3 is 1.62 bits per heavy atom. The molecule has 0 aliphatic carbocycles. The number of carbonyl (C=O) groups is 2. The molecule has 18 heteroatoms. The lowest BCUT2D eigenvalue weighted by molar-refractivity contribution is -0.142. The van der Waals surface area contributed by atoms with Crippen LogP contribution < -0.4 is 20.1 Å². The van der Waals surface area contributed by atoms with Crippen LogP contribution in [-0.4, -0.2) is 36.7 Å². The van der Waals surface area contributed by atoms with Crippen molar-refractivity contribution in [2.75, 3.05) is 10.6 Å². The maximum absolute atomic E-state index is 12.5. The predicted molar refractivity (Wildman–Crippen MR) is 183 cm³/mol. The molecule has 1 aromatic carbocycles. The first kappa shape index (κ1) is 38.8. The average molecular weight is 759 g/mol.